The highest BCUT2D eigenvalue weighted by atomic mass is 79.9. The van der Waals surface area contributed by atoms with E-state index in [9.17, 15) is 4.79 Å². The highest BCUT2D eigenvalue weighted by molar-refractivity contribution is 9.11. The predicted octanol–water partition coefficient (Wildman–Crippen LogP) is 3.26. The summed E-state index contributed by atoms with van der Waals surface area (Å²) >= 11 is 6.45. The minimum atomic E-state index is -0.451. The number of halogens is 2. The van der Waals surface area contributed by atoms with Gasteiger partial charge in [0.15, 0.2) is 0 Å². The Bertz CT molecular complexity index is 438. The summed E-state index contributed by atoms with van der Waals surface area (Å²) < 4.78 is 5.94. The minimum absolute atomic E-state index is 0.300. The largest absolute Gasteiger partial charge is 0.462 e. The molecule has 0 bridgehead atoms. The molecular weight excluding hydrogens is 326 g/mol. The van der Waals surface area contributed by atoms with Crippen molar-refractivity contribution in [3.05, 3.63) is 32.2 Å². The minimum Gasteiger partial charge on any atom is -0.462 e. The van der Waals surface area contributed by atoms with Gasteiger partial charge in [0.05, 0.1) is 22.2 Å². The second kappa shape index (κ2) is 5.29. The first-order chi connectivity index (χ1) is 7.11. The van der Waals surface area contributed by atoms with E-state index in [-0.39, 0.29) is 0 Å². The highest BCUT2D eigenvalue weighted by Gasteiger charge is 2.17. The first-order valence-corrected chi connectivity index (χ1v) is 5.75. The molecule has 0 heterocycles. The second-order valence-electron chi connectivity index (χ2n) is 2.62. The summed E-state index contributed by atoms with van der Waals surface area (Å²) in [5, 5.41) is 8.80. The van der Waals surface area contributed by atoms with Gasteiger partial charge in [0.1, 0.15) is 6.07 Å². The number of nitriles is 1. The molecule has 0 aliphatic carbocycles. The van der Waals surface area contributed by atoms with Crippen molar-refractivity contribution in [1.29, 1.82) is 5.26 Å². The van der Waals surface area contributed by atoms with Crippen molar-refractivity contribution in [2.24, 2.45) is 0 Å². The molecule has 5 heteroatoms. The fraction of sp³-hybridized carbons (Fsp3) is 0.200. The lowest BCUT2D eigenvalue weighted by Gasteiger charge is -2.07. The Morgan fingerprint density at radius 1 is 1.53 bits per heavy atom. The van der Waals surface area contributed by atoms with Crippen LogP contribution in [0.1, 0.15) is 22.8 Å². The monoisotopic (exact) mass is 331 g/mol. The number of carbonyl (C=O) groups is 1. The standard InChI is InChI=1S/C10H7Br2NO2/c1-2-15-10(14)8-7(11)4-3-6(5-13)9(8)12/h3-4H,2H2,1H3. The number of hydrogen-bond donors (Lipinski definition) is 0. The van der Waals surface area contributed by atoms with Crippen LogP contribution in [0.5, 0.6) is 0 Å². The van der Waals surface area contributed by atoms with Crippen LogP contribution in [-0.2, 0) is 4.74 Å². The van der Waals surface area contributed by atoms with Gasteiger partial charge in [0.25, 0.3) is 0 Å². The van der Waals surface area contributed by atoms with E-state index in [0.29, 0.717) is 26.7 Å². The molecule has 0 aromatic heterocycles. The molecule has 0 spiro atoms. The van der Waals surface area contributed by atoms with Gasteiger partial charge in [-0.05, 0) is 50.9 Å². The Morgan fingerprint density at radius 3 is 2.73 bits per heavy atom. The molecular formula is C10H7Br2NO2. The van der Waals surface area contributed by atoms with Crippen LogP contribution in [0.2, 0.25) is 0 Å². The summed E-state index contributed by atoms with van der Waals surface area (Å²) in [4.78, 5) is 11.6. The lowest BCUT2D eigenvalue weighted by Crippen LogP contribution is -2.07. The maximum atomic E-state index is 11.6. The number of ether oxygens (including phenoxy) is 1. The summed E-state index contributed by atoms with van der Waals surface area (Å²) in [5.41, 5.74) is 0.747. The van der Waals surface area contributed by atoms with Crippen LogP contribution in [0.3, 0.4) is 0 Å². The zero-order valence-electron chi connectivity index (χ0n) is 7.88. The third kappa shape index (κ3) is 2.58. The topological polar surface area (TPSA) is 50.1 Å². The summed E-state index contributed by atoms with van der Waals surface area (Å²) in [6, 6.07) is 5.25. The normalized spacial score (nSPS) is 9.47. The van der Waals surface area contributed by atoms with Crippen molar-refractivity contribution in [3.8, 4) is 6.07 Å². The van der Waals surface area contributed by atoms with Crippen LogP contribution in [0.4, 0.5) is 0 Å². The first kappa shape index (κ1) is 12.2. The molecule has 1 aromatic carbocycles. The van der Waals surface area contributed by atoms with Gasteiger partial charge in [-0.15, -0.1) is 0 Å². The van der Waals surface area contributed by atoms with Crippen LogP contribution >= 0.6 is 31.9 Å². The van der Waals surface area contributed by atoms with Gasteiger partial charge in [0, 0.05) is 4.47 Å². The van der Waals surface area contributed by atoms with E-state index in [1.54, 1.807) is 19.1 Å². The zero-order chi connectivity index (χ0) is 11.4. The van der Waals surface area contributed by atoms with Gasteiger partial charge in [0.2, 0.25) is 0 Å². The molecule has 0 saturated heterocycles. The maximum absolute atomic E-state index is 11.6. The number of nitrogens with zero attached hydrogens (tertiary/aromatic N) is 1. The van der Waals surface area contributed by atoms with E-state index >= 15 is 0 Å². The Balaban J connectivity index is 3.28. The SMILES string of the molecule is CCOC(=O)c1c(Br)ccc(C#N)c1Br. The van der Waals surface area contributed by atoms with Crippen LogP contribution < -0.4 is 0 Å². The van der Waals surface area contributed by atoms with E-state index < -0.39 is 5.97 Å². The Labute approximate surface area is 104 Å². The van der Waals surface area contributed by atoms with Crippen LogP contribution in [0.25, 0.3) is 0 Å². The molecule has 1 rings (SSSR count). The number of carbonyl (C=O) groups excluding carboxylic acids is 1. The molecule has 0 radical (unpaired) electrons. The van der Waals surface area contributed by atoms with E-state index in [0.717, 1.165) is 0 Å². The lowest BCUT2D eigenvalue weighted by atomic mass is 10.1. The Hall–Kier alpha value is -0.860. The molecule has 0 atom stereocenters. The van der Waals surface area contributed by atoms with Gasteiger partial charge >= 0.3 is 5.97 Å². The van der Waals surface area contributed by atoms with Crippen molar-refractivity contribution in [1.82, 2.24) is 0 Å². The fourth-order valence-corrected chi connectivity index (χ4v) is 2.38. The van der Waals surface area contributed by atoms with Gasteiger partial charge in [-0.25, -0.2) is 4.79 Å². The van der Waals surface area contributed by atoms with E-state index in [1.807, 2.05) is 6.07 Å². The molecule has 0 aliphatic rings. The maximum Gasteiger partial charge on any atom is 0.340 e. The number of rotatable bonds is 2. The van der Waals surface area contributed by atoms with Crippen molar-refractivity contribution in [3.63, 3.8) is 0 Å². The summed E-state index contributed by atoms with van der Waals surface area (Å²) in [7, 11) is 0. The average molecular weight is 333 g/mol. The van der Waals surface area contributed by atoms with E-state index in [1.165, 1.54) is 0 Å². The summed E-state index contributed by atoms with van der Waals surface area (Å²) in [5.74, 6) is -0.451. The van der Waals surface area contributed by atoms with Crippen LogP contribution in [0, 0.1) is 11.3 Å². The van der Waals surface area contributed by atoms with Gasteiger partial charge in [-0.2, -0.15) is 5.26 Å². The molecule has 0 fully saturated rings. The Kier molecular flexibility index (Phi) is 4.30. The number of benzene rings is 1. The fourth-order valence-electron chi connectivity index (χ4n) is 1.03. The molecule has 0 amide bonds. The zero-order valence-corrected chi connectivity index (χ0v) is 11.1. The molecule has 1 aromatic rings. The third-order valence-electron chi connectivity index (χ3n) is 1.69. The molecule has 78 valence electrons. The highest BCUT2D eigenvalue weighted by Crippen LogP contribution is 2.29. The van der Waals surface area contributed by atoms with E-state index in [4.69, 9.17) is 10.00 Å². The molecule has 0 aliphatic heterocycles. The lowest BCUT2D eigenvalue weighted by molar-refractivity contribution is 0.0524. The molecule has 0 saturated carbocycles. The van der Waals surface area contributed by atoms with Crippen molar-refractivity contribution < 1.29 is 9.53 Å². The van der Waals surface area contributed by atoms with Crippen LogP contribution in [-0.4, -0.2) is 12.6 Å². The van der Waals surface area contributed by atoms with Gasteiger partial charge in [-0.1, -0.05) is 0 Å². The number of esters is 1. The Morgan fingerprint density at radius 2 is 2.20 bits per heavy atom. The van der Waals surface area contributed by atoms with Crippen molar-refractivity contribution >= 4 is 37.8 Å². The quantitative estimate of drug-likeness (QED) is 0.781. The molecule has 3 nitrogen and oxygen atoms in total. The smallest absolute Gasteiger partial charge is 0.340 e. The summed E-state index contributed by atoms with van der Waals surface area (Å²) in [6.45, 7) is 2.03. The van der Waals surface area contributed by atoms with E-state index in [2.05, 4.69) is 31.9 Å². The first-order valence-electron chi connectivity index (χ1n) is 4.17. The summed E-state index contributed by atoms with van der Waals surface area (Å²) in [6.07, 6.45) is 0. The number of hydrogen-bond acceptors (Lipinski definition) is 3. The third-order valence-corrected chi connectivity index (χ3v) is 3.18. The van der Waals surface area contributed by atoms with Crippen LogP contribution in [0.15, 0.2) is 21.1 Å². The second-order valence-corrected chi connectivity index (χ2v) is 4.26. The van der Waals surface area contributed by atoms with Gasteiger partial charge in [-0.3, -0.25) is 0 Å². The van der Waals surface area contributed by atoms with Crippen molar-refractivity contribution in [2.45, 2.75) is 6.92 Å². The van der Waals surface area contributed by atoms with Gasteiger partial charge < -0.3 is 4.74 Å². The average Bonchev–Trinajstić information content (AvgIpc) is 2.18. The van der Waals surface area contributed by atoms with Crippen molar-refractivity contribution in [2.75, 3.05) is 6.61 Å². The molecule has 0 N–H and O–H groups in total. The predicted molar refractivity (Wildman–Crippen MR) is 62.5 cm³/mol. The molecule has 0 unspecified atom stereocenters. The molecule has 15 heavy (non-hydrogen) atoms.